The Morgan fingerprint density at radius 3 is 2.35 bits per heavy atom. The van der Waals surface area contributed by atoms with Crippen molar-refractivity contribution in [3.05, 3.63) is 29.8 Å². The summed E-state index contributed by atoms with van der Waals surface area (Å²) in [7, 11) is -3.62. The number of sulfonamides is 1. The van der Waals surface area contributed by atoms with Gasteiger partial charge in [0.05, 0.1) is 10.9 Å². The van der Waals surface area contributed by atoms with E-state index >= 15 is 0 Å². The predicted octanol–water partition coefficient (Wildman–Crippen LogP) is 2.81. The van der Waals surface area contributed by atoms with E-state index in [4.69, 9.17) is 0 Å². The summed E-state index contributed by atoms with van der Waals surface area (Å²) in [5.41, 5.74) is 0.993. The minimum absolute atomic E-state index is 0.0610. The van der Waals surface area contributed by atoms with Crippen molar-refractivity contribution in [1.82, 2.24) is 4.72 Å². The van der Waals surface area contributed by atoms with Crippen LogP contribution in [0.4, 0.5) is 0 Å². The van der Waals surface area contributed by atoms with Crippen LogP contribution in [-0.4, -0.2) is 20.2 Å². The molecule has 0 aliphatic rings. The molecular weight excluding hydrogens is 274 g/mol. The Hall–Kier alpha value is -1.20. The third-order valence-electron chi connectivity index (χ3n) is 3.17. The van der Waals surface area contributed by atoms with E-state index in [1.165, 1.54) is 0 Å². The van der Waals surface area contributed by atoms with E-state index in [9.17, 15) is 13.2 Å². The Bertz CT molecular complexity index is 535. The van der Waals surface area contributed by atoms with Gasteiger partial charge in [-0.1, -0.05) is 37.5 Å². The highest BCUT2D eigenvalue weighted by atomic mass is 32.2. The summed E-state index contributed by atoms with van der Waals surface area (Å²) in [5, 5.41) is 0. The molecule has 0 aliphatic heterocycles. The molecule has 0 aliphatic carbocycles. The highest BCUT2D eigenvalue weighted by molar-refractivity contribution is 7.89. The minimum atomic E-state index is -3.62. The van der Waals surface area contributed by atoms with E-state index in [0.717, 1.165) is 24.8 Å². The van der Waals surface area contributed by atoms with Gasteiger partial charge < -0.3 is 0 Å². The monoisotopic (exact) mass is 297 g/mol. The quantitative estimate of drug-likeness (QED) is 0.750. The Labute approximate surface area is 121 Å². The predicted molar refractivity (Wildman–Crippen MR) is 80.1 cm³/mol. The van der Waals surface area contributed by atoms with Crippen molar-refractivity contribution in [3.63, 3.8) is 0 Å². The van der Waals surface area contributed by atoms with Crippen molar-refractivity contribution in [2.24, 2.45) is 0 Å². The van der Waals surface area contributed by atoms with Crippen LogP contribution in [0, 0.1) is 6.92 Å². The summed E-state index contributed by atoms with van der Waals surface area (Å²) >= 11 is 0. The maximum absolute atomic E-state index is 12.1. The van der Waals surface area contributed by atoms with Crippen molar-refractivity contribution in [3.8, 4) is 0 Å². The second-order valence-electron chi connectivity index (χ2n) is 5.08. The molecule has 1 unspecified atom stereocenters. The molecule has 0 saturated heterocycles. The van der Waals surface area contributed by atoms with Crippen LogP contribution < -0.4 is 4.72 Å². The van der Waals surface area contributed by atoms with Gasteiger partial charge in [0.2, 0.25) is 10.0 Å². The van der Waals surface area contributed by atoms with Crippen LogP contribution in [0.15, 0.2) is 29.2 Å². The van der Waals surface area contributed by atoms with Gasteiger partial charge in [-0.2, -0.15) is 0 Å². The zero-order valence-corrected chi connectivity index (χ0v) is 13.2. The third kappa shape index (κ3) is 5.06. The number of carbonyl (C=O) groups excluding carboxylic acids is 1. The van der Waals surface area contributed by atoms with Crippen LogP contribution in [0.2, 0.25) is 0 Å². The van der Waals surface area contributed by atoms with Crippen LogP contribution in [0.3, 0.4) is 0 Å². The Morgan fingerprint density at radius 2 is 1.80 bits per heavy atom. The van der Waals surface area contributed by atoms with E-state index in [0.29, 0.717) is 6.42 Å². The van der Waals surface area contributed by atoms with Crippen LogP contribution in [-0.2, 0) is 14.8 Å². The second kappa shape index (κ2) is 7.55. The number of rotatable bonds is 8. The molecule has 0 spiro atoms. The van der Waals surface area contributed by atoms with Gasteiger partial charge in [0, 0.05) is 6.42 Å². The van der Waals surface area contributed by atoms with Crippen molar-refractivity contribution in [1.29, 1.82) is 0 Å². The van der Waals surface area contributed by atoms with Gasteiger partial charge in [-0.25, -0.2) is 13.1 Å². The number of hydrogen-bond acceptors (Lipinski definition) is 3. The lowest BCUT2D eigenvalue weighted by atomic mass is 10.1. The molecule has 5 heteroatoms. The Morgan fingerprint density at radius 1 is 1.20 bits per heavy atom. The van der Waals surface area contributed by atoms with E-state index in [-0.39, 0.29) is 10.7 Å². The van der Waals surface area contributed by atoms with Crippen LogP contribution in [0.25, 0.3) is 0 Å². The van der Waals surface area contributed by atoms with Gasteiger partial charge in [0.15, 0.2) is 5.78 Å². The van der Waals surface area contributed by atoms with Crippen LogP contribution in [0.5, 0.6) is 0 Å². The summed E-state index contributed by atoms with van der Waals surface area (Å²) in [4.78, 5) is 12.0. The summed E-state index contributed by atoms with van der Waals surface area (Å²) in [6.07, 6.45) is 3.26. The summed E-state index contributed by atoms with van der Waals surface area (Å²) < 4.78 is 26.7. The fraction of sp³-hybridized carbons (Fsp3) is 0.533. The Balaban J connectivity index is 2.66. The van der Waals surface area contributed by atoms with E-state index in [1.807, 2.05) is 6.92 Å². The zero-order valence-electron chi connectivity index (χ0n) is 12.3. The Kier molecular flexibility index (Phi) is 6.36. The molecule has 1 rings (SSSR count). The second-order valence-corrected chi connectivity index (χ2v) is 6.79. The molecule has 0 radical (unpaired) electrons. The maximum Gasteiger partial charge on any atom is 0.241 e. The highest BCUT2D eigenvalue weighted by Gasteiger charge is 2.21. The average molecular weight is 297 g/mol. The third-order valence-corrected chi connectivity index (χ3v) is 4.73. The molecule has 1 aromatic carbocycles. The van der Waals surface area contributed by atoms with Crippen molar-refractivity contribution in [2.75, 3.05) is 0 Å². The highest BCUT2D eigenvalue weighted by Crippen LogP contribution is 2.11. The first-order valence-corrected chi connectivity index (χ1v) is 8.47. The number of hydrogen-bond donors (Lipinski definition) is 1. The molecule has 1 N–H and O–H groups in total. The SMILES string of the molecule is CCCCCC(=O)C(C)NS(=O)(=O)c1ccc(C)cc1. The lowest BCUT2D eigenvalue weighted by Gasteiger charge is -2.13. The van der Waals surface area contributed by atoms with Crippen molar-refractivity contribution < 1.29 is 13.2 Å². The van der Waals surface area contributed by atoms with Gasteiger partial charge in [-0.05, 0) is 32.4 Å². The number of unbranched alkanes of at least 4 members (excludes halogenated alkanes) is 2. The van der Waals surface area contributed by atoms with E-state index < -0.39 is 16.1 Å². The van der Waals surface area contributed by atoms with E-state index in [1.54, 1.807) is 31.2 Å². The summed E-state index contributed by atoms with van der Waals surface area (Å²) in [5.74, 6) is -0.0610. The maximum atomic E-state index is 12.1. The zero-order chi connectivity index (χ0) is 15.2. The molecular formula is C15H23NO3S. The molecule has 0 saturated carbocycles. The first-order valence-electron chi connectivity index (χ1n) is 6.98. The molecule has 0 bridgehead atoms. The molecule has 1 atom stereocenters. The first kappa shape index (κ1) is 16.9. The molecule has 4 nitrogen and oxygen atoms in total. The van der Waals surface area contributed by atoms with Gasteiger partial charge >= 0.3 is 0 Å². The number of ketones is 1. The summed E-state index contributed by atoms with van der Waals surface area (Å²) in [6.45, 7) is 5.55. The first-order chi connectivity index (χ1) is 9.36. The van der Waals surface area contributed by atoms with Crippen molar-refractivity contribution >= 4 is 15.8 Å². The number of nitrogens with one attached hydrogen (secondary N) is 1. The number of carbonyl (C=O) groups is 1. The van der Waals surface area contributed by atoms with Gasteiger partial charge in [0.1, 0.15) is 0 Å². The van der Waals surface area contributed by atoms with Gasteiger partial charge in [-0.3, -0.25) is 4.79 Å². The standard InChI is InChI=1S/C15H23NO3S/c1-4-5-6-7-15(17)13(3)16-20(18,19)14-10-8-12(2)9-11-14/h8-11,13,16H,4-7H2,1-3H3. The average Bonchev–Trinajstić information content (AvgIpc) is 2.38. The number of benzene rings is 1. The fourth-order valence-corrected chi connectivity index (χ4v) is 3.08. The van der Waals surface area contributed by atoms with E-state index in [2.05, 4.69) is 11.6 Å². The lowest BCUT2D eigenvalue weighted by Crippen LogP contribution is -2.38. The molecule has 0 amide bonds. The topological polar surface area (TPSA) is 63.2 Å². The molecule has 112 valence electrons. The number of Topliss-reactive ketones (excluding diaryl/α,β-unsaturated/α-hetero) is 1. The van der Waals surface area contributed by atoms with Crippen LogP contribution >= 0.6 is 0 Å². The molecule has 0 fully saturated rings. The van der Waals surface area contributed by atoms with Gasteiger partial charge in [0.25, 0.3) is 0 Å². The molecule has 1 aromatic rings. The van der Waals surface area contributed by atoms with Crippen molar-refractivity contribution in [2.45, 2.75) is 57.4 Å². The minimum Gasteiger partial charge on any atom is -0.298 e. The smallest absolute Gasteiger partial charge is 0.241 e. The lowest BCUT2D eigenvalue weighted by molar-refractivity contribution is -0.120. The fourth-order valence-electron chi connectivity index (χ4n) is 1.85. The molecule has 0 heterocycles. The van der Waals surface area contributed by atoms with Gasteiger partial charge in [-0.15, -0.1) is 0 Å². The largest absolute Gasteiger partial charge is 0.298 e. The molecule has 0 aromatic heterocycles. The van der Waals surface area contributed by atoms with Crippen LogP contribution in [0.1, 0.15) is 45.1 Å². The number of aryl methyl sites for hydroxylation is 1. The molecule has 20 heavy (non-hydrogen) atoms. The normalized spacial score (nSPS) is 13.2. The summed E-state index contributed by atoms with van der Waals surface area (Å²) in [6, 6.07) is 5.89.